The van der Waals surface area contributed by atoms with Gasteiger partial charge in [-0.2, -0.15) is 0 Å². The van der Waals surface area contributed by atoms with E-state index in [0.29, 0.717) is 19.1 Å². The third kappa shape index (κ3) is 3.10. The summed E-state index contributed by atoms with van der Waals surface area (Å²) in [6.45, 7) is 5.88. The molecule has 2 heterocycles. The van der Waals surface area contributed by atoms with Crippen LogP contribution in [0.5, 0.6) is 0 Å². The Morgan fingerprint density at radius 1 is 1.38 bits per heavy atom. The average Bonchev–Trinajstić information content (AvgIpc) is 2.93. The highest BCUT2D eigenvalue weighted by molar-refractivity contribution is 6.49. The van der Waals surface area contributed by atoms with Gasteiger partial charge in [0.05, 0.1) is 18.6 Å². The molecule has 5 unspecified atom stereocenters. The molecule has 2 saturated heterocycles. The number of ether oxygens (including phenoxy) is 2. The summed E-state index contributed by atoms with van der Waals surface area (Å²) in [5, 5.41) is 0. The minimum atomic E-state index is -0.786. The van der Waals surface area contributed by atoms with E-state index >= 15 is 0 Å². The number of carbonyl (C=O) groups excluding carboxylic acids is 2. The molecule has 4 aliphatic rings. The lowest BCUT2D eigenvalue weighted by Crippen LogP contribution is -2.42. The van der Waals surface area contributed by atoms with Crippen LogP contribution in [0.4, 0.5) is 0 Å². The van der Waals surface area contributed by atoms with Crippen molar-refractivity contribution in [2.45, 2.75) is 55.9 Å². The van der Waals surface area contributed by atoms with Gasteiger partial charge >= 0.3 is 5.97 Å². The second-order valence-electron chi connectivity index (χ2n) is 7.06. The summed E-state index contributed by atoms with van der Waals surface area (Å²) < 4.78 is 10.2. The smallest absolute Gasteiger partial charge is 0.309 e. The van der Waals surface area contributed by atoms with Crippen LogP contribution in [0.3, 0.4) is 0 Å². The lowest BCUT2D eigenvalue weighted by atomic mass is 9.77. The Morgan fingerprint density at radius 3 is 2.67 bits per heavy atom. The molecule has 5 atom stereocenters. The summed E-state index contributed by atoms with van der Waals surface area (Å²) in [6, 6.07) is 0. The molecular weight excluding hydrogens is 351 g/mol. The average molecular weight is 375 g/mol. The van der Waals surface area contributed by atoms with E-state index in [1.165, 1.54) is 0 Å². The molecule has 4 bridgehead atoms. The molecule has 2 aliphatic carbocycles. The van der Waals surface area contributed by atoms with Crippen LogP contribution in [-0.2, 0) is 19.1 Å². The van der Waals surface area contributed by atoms with Crippen LogP contribution in [0, 0.1) is 36.7 Å². The number of carbonyl (C=O) groups is 2. The molecule has 4 rings (SSSR count). The second kappa shape index (κ2) is 7.13. The van der Waals surface area contributed by atoms with Crippen LogP contribution in [-0.4, -0.2) is 28.8 Å². The molecule has 0 N–H and O–H groups in total. The zero-order valence-corrected chi connectivity index (χ0v) is 15.4. The van der Waals surface area contributed by atoms with Crippen molar-refractivity contribution in [3.05, 3.63) is 13.0 Å². The molecular formula is C18H24Cl2O4. The van der Waals surface area contributed by atoms with Crippen molar-refractivity contribution in [3.63, 3.8) is 0 Å². The Bertz CT molecular complexity index is 507. The number of alkyl halides is 2. The van der Waals surface area contributed by atoms with Crippen molar-refractivity contribution in [3.8, 4) is 0 Å². The molecule has 24 heavy (non-hydrogen) atoms. The monoisotopic (exact) mass is 374 g/mol. The van der Waals surface area contributed by atoms with E-state index in [-0.39, 0.29) is 42.0 Å². The number of fused-ring (bicyclic) bond motifs is 1. The molecule has 0 aromatic carbocycles. The van der Waals surface area contributed by atoms with E-state index < -0.39 is 10.3 Å². The van der Waals surface area contributed by atoms with Gasteiger partial charge < -0.3 is 9.47 Å². The van der Waals surface area contributed by atoms with E-state index in [4.69, 9.17) is 32.7 Å². The molecule has 2 radical (unpaired) electrons. The molecule has 4 fully saturated rings. The number of ketones is 1. The zero-order valence-electron chi connectivity index (χ0n) is 13.9. The van der Waals surface area contributed by atoms with Gasteiger partial charge in [0.1, 0.15) is 4.33 Å². The van der Waals surface area contributed by atoms with E-state index in [1.54, 1.807) is 6.92 Å². The summed E-state index contributed by atoms with van der Waals surface area (Å²) in [5.74, 6) is -0.639. The largest absolute Gasteiger partial charge is 0.466 e. The molecule has 4 nitrogen and oxygen atoms in total. The van der Waals surface area contributed by atoms with E-state index in [1.807, 2.05) is 0 Å². The number of halogens is 2. The first-order valence-electron chi connectivity index (χ1n) is 8.80. The fourth-order valence-corrected chi connectivity index (χ4v) is 5.44. The maximum absolute atomic E-state index is 12.8. The SMILES string of the molecule is [CH2]CCCC(CC(=O)[C]1OC2CC3C1CC2C3(Cl)Cl)C(=O)OCC. The quantitative estimate of drug-likeness (QED) is 0.477. The normalized spacial score (nSPS) is 34.5. The van der Waals surface area contributed by atoms with Crippen molar-refractivity contribution in [2.75, 3.05) is 6.61 Å². The van der Waals surface area contributed by atoms with Crippen LogP contribution in [0.15, 0.2) is 0 Å². The van der Waals surface area contributed by atoms with Crippen molar-refractivity contribution in [1.82, 2.24) is 0 Å². The first-order valence-corrected chi connectivity index (χ1v) is 9.56. The van der Waals surface area contributed by atoms with Gasteiger partial charge in [0.2, 0.25) is 0 Å². The van der Waals surface area contributed by atoms with Crippen molar-refractivity contribution in [1.29, 1.82) is 0 Å². The van der Waals surface area contributed by atoms with Crippen LogP contribution in [0.2, 0.25) is 0 Å². The molecule has 0 aromatic rings. The molecule has 6 heteroatoms. The molecule has 0 aromatic heterocycles. The summed E-state index contributed by atoms with van der Waals surface area (Å²) in [6.07, 6.45) is 4.31. The Morgan fingerprint density at radius 2 is 2.12 bits per heavy atom. The fraction of sp³-hybridized carbons (Fsp3) is 0.778. The zero-order chi connectivity index (χ0) is 17.5. The summed E-state index contributed by atoms with van der Waals surface area (Å²) in [7, 11) is 0. The van der Waals surface area contributed by atoms with Crippen LogP contribution in [0.1, 0.15) is 45.4 Å². The number of unbranched alkanes of at least 4 members (excludes halogenated alkanes) is 1. The standard InChI is InChI=1S/C18H24Cl2O4/c1-3-5-6-10(17(22)23-4-2)7-14(21)16-11-8-13-15(24-16)9-12(11)18(13,19)20/h10-13,15H,1,3-9H2,2H3. The Labute approximate surface area is 153 Å². The predicted molar refractivity (Wildman–Crippen MR) is 91.2 cm³/mol. The highest BCUT2D eigenvalue weighted by atomic mass is 35.5. The van der Waals surface area contributed by atoms with Crippen LogP contribution in [0.25, 0.3) is 0 Å². The number of rotatable bonds is 8. The van der Waals surface area contributed by atoms with E-state index in [0.717, 1.165) is 25.7 Å². The highest BCUT2D eigenvalue weighted by Crippen LogP contribution is 2.67. The number of hydrogen-bond acceptors (Lipinski definition) is 4. The Kier molecular flexibility index (Phi) is 5.48. The first kappa shape index (κ1) is 18.5. The van der Waals surface area contributed by atoms with Gasteiger partial charge in [-0.05, 0) is 26.2 Å². The maximum Gasteiger partial charge on any atom is 0.309 e. The topological polar surface area (TPSA) is 52.6 Å². The maximum atomic E-state index is 12.8. The third-order valence-electron chi connectivity index (χ3n) is 5.66. The lowest BCUT2D eigenvalue weighted by Gasteiger charge is -2.40. The fourth-order valence-electron chi connectivity index (χ4n) is 4.50. The van der Waals surface area contributed by atoms with Gasteiger partial charge in [-0.1, -0.05) is 19.8 Å². The summed E-state index contributed by atoms with van der Waals surface area (Å²) in [4.78, 5) is 24.9. The Balaban J connectivity index is 1.65. The van der Waals surface area contributed by atoms with Crippen molar-refractivity contribution >= 4 is 35.0 Å². The van der Waals surface area contributed by atoms with Crippen LogP contribution < -0.4 is 0 Å². The van der Waals surface area contributed by atoms with Gasteiger partial charge in [-0.3, -0.25) is 9.59 Å². The van der Waals surface area contributed by atoms with Gasteiger partial charge in [0.25, 0.3) is 0 Å². The van der Waals surface area contributed by atoms with Gasteiger partial charge in [-0.15, -0.1) is 23.2 Å². The predicted octanol–water partition coefficient (Wildman–Crippen LogP) is 3.89. The third-order valence-corrected chi connectivity index (χ3v) is 6.78. The van der Waals surface area contributed by atoms with Gasteiger partial charge in [-0.25, -0.2) is 0 Å². The summed E-state index contributed by atoms with van der Waals surface area (Å²) >= 11 is 13.0. The Hall–Kier alpha value is -0.320. The number of esters is 1. The number of hydrogen-bond donors (Lipinski definition) is 0. The second-order valence-corrected chi connectivity index (χ2v) is 8.50. The minimum absolute atomic E-state index is 0.00168. The van der Waals surface area contributed by atoms with E-state index in [2.05, 4.69) is 6.92 Å². The van der Waals surface area contributed by atoms with Crippen molar-refractivity contribution < 1.29 is 19.1 Å². The first-order chi connectivity index (χ1) is 11.4. The lowest BCUT2D eigenvalue weighted by molar-refractivity contribution is -0.152. The minimum Gasteiger partial charge on any atom is -0.466 e. The summed E-state index contributed by atoms with van der Waals surface area (Å²) in [5.41, 5.74) is 0. The molecule has 0 spiro atoms. The molecule has 134 valence electrons. The highest BCUT2D eigenvalue weighted by Gasteiger charge is 2.68. The number of Topliss-reactive ketones (excluding diaryl/α,β-unsaturated/α-hetero) is 1. The van der Waals surface area contributed by atoms with Crippen LogP contribution >= 0.6 is 23.2 Å². The van der Waals surface area contributed by atoms with E-state index in [9.17, 15) is 9.59 Å². The molecule has 2 aliphatic heterocycles. The van der Waals surface area contributed by atoms with Gasteiger partial charge in [0.15, 0.2) is 11.9 Å². The van der Waals surface area contributed by atoms with Gasteiger partial charge in [0, 0.05) is 24.2 Å². The molecule has 2 saturated carbocycles. The molecule has 0 amide bonds. The van der Waals surface area contributed by atoms with Crippen molar-refractivity contribution in [2.24, 2.45) is 23.7 Å².